The second-order valence-corrected chi connectivity index (χ2v) is 3.65. The first-order valence-corrected chi connectivity index (χ1v) is 5.57. The largest absolute Gasteiger partial charge is 0.372 e. The second-order valence-electron chi connectivity index (χ2n) is 3.65. The number of aromatic nitrogens is 3. The van der Waals surface area contributed by atoms with Crippen LogP contribution in [0.1, 0.15) is 16.2 Å². The third-order valence-electron chi connectivity index (χ3n) is 2.38. The number of carbonyl (C=O) groups is 1. The molecule has 0 unspecified atom stereocenters. The van der Waals surface area contributed by atoms with E-state index in [0.29, 0.717) is 24.6 Å². The van der Waals surface area contributed by atoms with Crippen LogP contribution in [0, 0.1) is 5.82 Å². The highest BCUT2D eigenvalue weighted by Gasteiger charge is 2.13. The molecule has 2 heterocycles. The summed E-state index contributed by atoms with van der Waals surface area (Å²) in [7, 11) is 1.61. The van der Waals surface area contributed by atoms with E-state index in [-0.39, 0.29) is 5.56 Å². The summed E-state index contributed by atoms with van der Waals surface area (Å²) in [5, 5.41) is 8.97. The molecule has 0 saturated heterocycles. The molecule has 0 aliphatic carbocycles. The van der Waals surface area contributed by atoms with E-state index in [1.807, 2.05) is 0 Å². The van der Waals surface area contributed by atoms with Crippen molar-refractivity contribution in [1.82, 2.24) is 20.4 Å². The van der Waals surface area contributed by atoms with Gasteiger partial charge in [-0.15, -0.1) is 0 Å². The maximum Gasteiger partial charge on any atom is 0.255 e. The molecule has 1 amide bonds. The molecule has 0 aliphatic rings. The number of hydrogen-bond acceptors (Lipinski definition) is 6. The van der Waals surface area contributed by atoms with Crippen LogP contribution in [0.25, 0.3) is 0 Å². The van der Waals surface area contributed by atoms with Crippen LogP contribution < -0.4 is 10.6 Å². The van der Waals surface area contributed by atoms with Crippen molar-refractivity contribution in [2.75, 3.05) is 18.9 Å². The van der Waals surface area contributed by atoms with Gasteiger partial charge in [0, 0.05) is 20.0 Å². The predicted molar refractivity (Wildman–Crippen MR) is 64.1 cm³/mol. The zero-order valence-corrected chi connectivity index (χ0v) is 10.2. The molecule has 0 bridgehead atoms. The van der Waals surface area contributed by atoms with Gasteiger partial charge in [0.05, 0.1) is 11.8 Å². The number of nitrogens with zero attached hydrogens (tertiary/aromatic N) is 3. The quantitative estimate of drug-likeness (QED) is 0.823. The van der Waals surface area contributed by atoms with Gasteiger partial charge in [-0.1, -0.05) is 5.16 Å². The van der Waals surface area contributed by atoms with E-state index in [1.165, 1.54) is 6.39 Å². The third kappa shape index (κ3) is 3.24. The van der Waals surface area contributed by atoms with Crippen LogP contribution in [0.15, 0.2) is 23.2 Å². The van der Waals surface area contributed by atoms with Crippen LogP contribution in [-0.2, 0) is 6.42 Å². The molecule has 0 atom stereocenters. The molecule has 2 N–H and O–H groups in total. The minimum atomic E-state index is -0.567. The Morgan fingerprint density at radius 2 is 2.32 bits per heavy atom. The van der Waals surface area contributed by atoms with E-state index in [2.05, 4.69) is 30.3 Å². The summed E-state index contributed by atoms with van der Waals surface area (Å²) in [4.78, 5) is 19.5. The molecule has 0 spiro atoms. The van der Waals surface area contributed by atoms with Gasteiger partial charge in [0.25, 0.3) is 5.91 Å². The molecule has 0 aromatic carbocycles. The topological polar surface area (TPSA) is 92.9 Å². The van der Waals surface area contributed by atoms with Gasteiger partial charge in [0.1, 0.15) is 11.6 Å². The first-order valence-electron chi connectivity index (χ1n) is 5.57. The molecule has 19 heavy (non-hydrogen) atoms. The molecule has 8 heteroatoms. The minimum absolute atomic E-state index is 0.149. The number of rotatable bonds is 5. The fraction of sp³-hybridized carbons (Fsp3) is 0.273. The van der Waals surface area contributed by atoms with Gasteiger partial charge in [-0.2, -0.15) is 4.98 Å². The van der Waals surface area contributed by atoms with E-state index in [9.17, 15) is 9.18 Å². The number of hydrogen-bond donors (Lipinski definition) is 2. The monoisotopic (exact) mass is 265 g/mol. The zero-order valence-electron chi connectivity index (χ0n) is 10.2. The summed E-state index contributed by atoms with van der Waals surface area (Å²) in [5.74, 6) is -0.174. The van der Waals surface area contributed by atoms with Crippen molar-refractivity contribution < 1.29 is 13.7 Å². The Balaban J connectivity index is 1.97. The summed E-state index contributed by atoms with van der Waals surface area (Å²) >= 11 is 0. The first kappa shape index (κ1) is 12.9. The summed E-state index contributed by atoms with van der Waals surface area (Å²) in [6.45, 7) is 0.317. The van der Waals surface area contributed by atoms with Gasteiger partial charge in [0.15, 0.2) is 5.82 Å². The van der Waals surface area contributed by atoms with E-state index in [1.54, 1.807) is 7.05 Å². The molecule has 7 nitrogen and oxygen atoms in total. The Hall–Kier alpha value is -2.51. The molecular weight excluding hydrogens is 253 g/mol. The SMILES string of the molecule is CNc1ncc(F)cc1C(=O)NCCc1ncon1. The number of amides is 1. The molecule has 0 fully saturated rings. The van der Waals surface area contributed by atoms with Crippen LogP contribution in [0.3, 0.4) is 0 Å². The van der Waals surface area contributed by atoms with E-state index in [4.69, 9.17) is 0 Å². The van der Waals surface area contributed by atoms with E-state index >= 15 is 0 Å². The van der Waals surface area contributed by atoms with Gasteiger partial charge in [-0.05, 0) is 6.07 Å². The molecule has 0 radical (unpaired) electrons. The van der Waals surface area contributed by atoms with Gasteiger partial charge in [-0.3, -0.25) is 4.79 Å². The Labute approximate surface area is 108 Å². The van der Waals surface area contributed by atoms with Crippen molar-refractivity contribution in [2.24, 2.45) is 0 Å². The summed E-state index contributed by atoms with van der Waals surface area (Å²) in [6.07, 6.45) is 2.69. The van der Waals surface area contributed by atoms with Gasteiger partial charge >= 0.3 is 0 Å². The van der Waals surface area contributed by atoms with Crippen molar-refractivity contribution in [1.29, 1.82) is 0 Å². The number of anilines is 1. The highest BCUT2D eigenvalue weighted by molar-refractivity contribution is 5.98. The van der Waals surface area contributed by atoms with Crippen molar-refractivity contribution in [3.63, 3.8) is 0 Å². The summed E-state index contributed by atoms with van der Waals surface area (Å²) < 4.78 is 17.7. The lowest BCUT2D eigenvalue weighted by Gasteiger charge is -2.08. The standard InChI is InChI=1S/C11H12FN5O2/c1-13-10-8(4-7(12)5-15-10)11(18)14-3-2-9-16-6-19-17-9/h4-6H,2-3H2,1H3,(H,13,15)(H,14,18). The fourth-order valence-electron chi connectivity index (χ4n) is 1.50. The van der Waals surface area contributed by atoms with Crippen LogP contribution in [0.4, 0.5) is 10.2 Å². The Morgan fingerprint density at radius 3 is 3.00 bits per heavy atom. The molecule has 2 aromatic heterocycles. The maximum absolute atomic E-state index is 13.1. The van der Waals surface area contributed by atoms with Gasteiger partial charge in [-0.25, -0.2) is 9.37 Å². The van der Waals surface area contributed by atoms with Gasteiger partial charge < -0.3 is 15.2 Å². The average Bonchev–Trinajstić information content (AvgIpc) is 2.91. The van der Waals surface area contributed by atoms with E-state index in [0.717, 1.165) is 12.3 Å². The zero-order chi connectivity index (χ0) is 13.7. The molecule has 100 valence electrons. The van der Waals surface area contributed by atoms with Crippen LogP contribution in [0.5, 0.6) is 0 Å². The molecule has 2 rings (SSSR count). The maximum atomic E-state index is 13.1. The second kappa shape index (κ2) is 5.89. The lowest BCUT2D eigenvalue weighted by atomic mass is 10.2. The van der Waals surface area contributed by atoms with Gasteiger partial charge in [0.2, 0.25) is 6.39 Å². The van der Waals surface area contributed by atoms with Crippen LogP contribution in [0.2, 0.25) is 0 Å². The number of carbonyl (C=O) groups excluding carboxylic acids is 1. The Bertz CT molecular complexity index is 558. The van der Waals surface area contributed by atoms with Crippen molar-refractivity contribution in [3.8, 4) is 0 Å². The molecular formula is C11H12FN5O2. The minimum Gasteiger partial charge on any atom is -0.372 e. The van der Waals surface area contributed by atoms with Crippen molar-refractivity contribution in [2.45, 2.75) is 6.42 Å². The smallest absolute Gasteiger partial charge is 0.255 e. The van der Waals surface area contributed by atoms with Crippen molar-refractivity contribution >= 4 is 11.7 Å². The number of pyridine rings is 1. The number of nitrogens with one attached hydrogen (secondary N) is 2. The van der Waals surface area contributed by atoms with Crippen LogP contribution in [-0.4, -0.2) is 34.6 Å². The third-order valence-corrected chi connectivity index (χ3v) is 2.38. The lowest BCUT2D eigenvalue weighted by molar-refractivity contribution is 0.0954. The fourth-order valence-corrected chi connectivity index (χ4v) is 1.50. The molecule has 0 aliphatic heterocycles. The van der Waals surface area contributed by atoms with Crippen LogP contribution >= 0.6 is 0 Å². The number of halogens is 1. The Morgan fingerprint density at radius 1 is 1.47 bits per heavy atom. The summed E-state index contributed by atoms with van der Waals surface area (Å²) in [5.41, 5.74) is 0.149. The molecule has 0 saturated carbocycles. The Kier molecular flexibility index (Phi) is 4.01. The average molecular weight is 265 g/mol. The highest BCUT2D eigenvalue weighted by Crippen LogP contribution is 2.12. The van der Waals surface area contributed by atoms with E-state index < -0.39 is 11.7 Å². The summed E-state index contributed by atoms with van der Waals surface area (Å²) in [6, 6.07) is 1.13. The van der Waals surface area contributed by atoms with Crippen molar-refractivity contribution in [3.05, 3.63) is 35.9 Å². The highest BCUT2D eigenvalue weighted by atomic mass is 19.1. The lowest BCUT2D eigenvalue weighted by Crippen LogP contribution is -2.27. The first-order chi connectivity index (χ1) is 9.20. The molecule has 2 aromatic rings. The normalized spacial score (nSPS) is 10.2. The predicted octanol–water partition coefficient (Wildman–Crippen LogP) is 0.618.